The van der Waals surface area contributed by atoms with Crippen LogP contribution in [-0.4, -0.2) is 24.0 Å². The highest BCUT2D eigenvalue weighted by Crippen LogP contribution is 2.22. The maximum absolute atomic E-state index is 11.8. The number of nitrogens with zero attached hydrogens (tertiary/aromatic N) is 1. The highest BCUT2D eigenvalue weighted by Gasteiger charge is 2.08. The first-order valence-electron chi connectivity index (χ1n) is 6.93. The monoisotopic (exact) mass is 344 g/mol. The third kappa shape index (κ3) is 5.00. The molecule has 0 saturated heterocycles. The smallest absolute Gasteiger partial charge is 0.269 e. The molecule has 0 aliphatic rings. The van der Waals surface area contributed by atoms with Crippen LogP contribution in [0.25, 0.3) is 0 Å². The second-order valence-electron chi connectivity index (χ2n) is 4.56. The molecule has 2 rings (SSSR count). The Balaban J connectivity index is 1.77. The van der Waals surface area contributed by atoms with Crippen molar-refractivity contribution in [1.82, 2.24) is 5.32 Å². The zero-order chi connectivity index (χ0) is 17.4. The fourth-order valence-electron chi connectivity index (χ4n) is 1.75. The molecule has 122 valence electrons. The molecule has 0 heterocycles. The van der Waals surface area contributed by atoms with Gasteiger partial charge in [0.15, 0.2) is 0 Å². The van der Waals surface area contributed by atoms with E-state index in [9.17, 15) is 14.9 Å². The molecule has 1 amide bonds. The van der Waals surface area contributed by atoms with Gasteiger partial charge in [0, 0.05) is 17.7 Å². The Morgan fingerprint density at radius 1 is 1.17 bits per heavy atom. The normalized spacial score (nSPS) is 9.54. The van der Waals surface area contributed by atoms with E-state index < -0.39 is 4.92 Å². The summed E-state index contributed by atoms with van der Waals surface area (Å²) < 4.78 is 5.38. The molecule has 0 aromatic heterocycles. The first kappa shape index (κ1) is 17.3. The van der Waals surface area contributed by atoms with E-state index in [4.69, 9.17) is 16.3 Å². The summed E-state index contributed by atoms with van der Waals surface area (Å²) in [5.41, 5.74) is 0.262. The lowest BCUT2D eigenvalue weighted by atomic mass is 10.2. The van der Waals surface area contributed by atoms with Crippen LogP contribution in [0.2, 0.25) is 5.02 Å². The number of ether oxygens (including phenoxy) is 1. The van der Waals surface area contributed by atoms with Crippen molar-refractivity contribution in [2.45, 2.75) is 0 Å². The van der Waals surface area contributed by atoms with Gasteiger partial charge in [-0.2, -0.15) is 0 Å². The van der Waals surface area contributed by atoms with E-state index in [1.54, 1.807) is 24.3 Å². The number of nitro benzene ring substituents is 1. The van der Waals surface area contributed by atoms with Gasteiger partial charge in [0.25, 0.3) is 11.6 Å². The van der Waals surface area contributed by atoms with Crippen LogP contribution in [0.4, 0.5) is 5.69 Å². The van der Waals surface area contributed by atoms with Gasteiger partial charge in [-0.05, 0) is 24.3 Å². The first-order valence-corrected chi connectivity index (χ1v) is 7.31. The van der Waals surface area contributed by atoms with Gasteiger partial charge in [-0.25, -0.2) is 0 Å². The summed E-state index contributed by atoms with van der Waals surface area (Å²) in [5.74, 6) is 5.69. The Hall–Kier alpha value is -3.04. The molecule has 0 atom stereocenters. The quantitative estimate of drug-likeness (QED) is 0.513. The number of carbonyl (C=O) groups excluding carboxylic acids is 1. The number of amides is 1. The molecular formula is C17H13ClN2O4. The second-order valence-corrected chi connectivity index (χ2v) is 4.97. The number of hydrogen-bond acceptors (Lipinski definition) is 4. The lowest BCUT2D eigenvalue weighted by Crippen LogP contribution is -2.23. The van der Waals surface area contributed by atoms with E-state index in [-0.39, 0.29) is 24.7 Å². The fraction of sp³-hybridized carbons (Fsp3) is 0.118. The zero-order valence-corrected chi connectivity index (χ0v) is 13.2. The standard InChI is InChI=1S/C17H13ClN2O4/c18-15-5-1-2-6-16(15)24-12-4-3-11-19-17(21)13-7-9-14(10-8-13)20(22)23/h1-2,5-10H,11-12H2,(H,19,21). The molecule has 0 spiro atoms. The average Bonchev–Trinajstić information content (AvgIpc) is 2.59. The summed E-state index contributed by atoms with van der Waals surface area (Å²) in [7, 11) is 0. The summed E-state index contributed by atoms with van der Waals surface area (Å²) in [6.45, 7) is 0.291. The average molecular weight is 345 g/mol. The fourth-order valence-corrected chi connectivity index (χ4v) is 1.94. The second kappa shape index (κ2) is 8.56. The van der Waals surface area contributed by atoms with Gasteiger partial charge in [-0.15, -0.1) is 0 Å². The molecule has 0 aliphatic carbocycles. The molecule has 0 unspecified atom stereocenters. The van der Waals surface area contributed by atoms with Crippen LogP contribution >= 0.6 is 11.6 Å². The zero-order valence-electron chi connectivity index (χ0n) is 12.5. The van der Waals surface area contributed by atoms with E-state index in [0.717, 1.165) is 0 Å². The lowest BCUT2D eigenvalue weighted by molar-refractivity contribution is -0.384. The molecule has 0 bridgehead atoms. The minimum absolute atomic E-state index is 0.0666. The summed E-state index contributed by atoms with van der Waals surface area (Å²) in [4.78, 5) is 21.9. The van der Waals surface area contributed by atoms with E-state index >= 15 is 0 Å². The van der Waals surface area contributed by atoms with Gasteiger partial charge in [0.2, 0.25) is 0 Å². The van der Waals surface area contributed by atoms with Gasteiger partial charge >= 0.3 is 0 Å². The van der Waals surface area contributed by atoms with Crippen molar-refractivity contribution in [2.75, 3.05) is 13.2 Å². The molecule has 2 aromatic carbocycles. The van der Waals surface area contributed by atoms with Crippen molar-refractivity contribution >= 4 is 23.2 Å². The predicted octanol–water partition coefficient (Wildman–Crippen LogP) is 3.06. The minimum atomic E-state index is -0.522. The molecule has 1 N–H and O–H groups in total. The van der Waals surface area contributed by atoms with Crippen LogP contribution in [0.15, 0.2) is 48.5 Å². The minimum Gasteiger partial charge on any atom is -0.479 e. The van der Waals surface area contributed by atoms with Crippen molar-refractivity contribution < 1.29 is 14.5 Å². The largest absolute Gasteiger partial charge is 0.479 e. The number of nitro groups is 1. The summed E-state index contributed by atoms with van der Waals surface area (Å²) in [5, 5.41) is 13.6. The number of halogens is 1. The van der Waals surface area contributed by atoms with Crippen molar-refractivity contribution in [3.05, 3.63) is 69.2 Å². The van der Waals surface area contributed by atoms with Gasteiger partial charge in [-0.3, -0.25) is 14.9 Å². The van der Waals surface area contributed by atoms with Crippen LogP contribution in [0.3, 0.4) is 0 Å². The Kier molecular flexibility index (Phi) is 6.17. The van der Waals surface area contributed by atoms with E-state index in [2.05, 4.69) is 17.2 Å². The molecule has 0 fully saturated rings. The van der Waals surface area contributed by atoms with Crippen molar-refractivity contribution in [1.29, 1.82) is 0 Å². The molecular weight excluding hydrogens is 332 g/mol. The number of non-ortho nitro benzene ring substituents is 1. The van der Waals surface area contributed by atoms with E-state index in [1.807, 2.05) is 0 Å². The molecule has 0 aliphatic heterocycles. The van der Waals surface area contributed by atoms with Crippen LogP contribution < -0.4 is 10.1 Å². The van der Waals surface area contributed by atoms with Crippen LogP contribution in [0, 0.1) is 22.0 Å². The van der Waals surface area contributed by atoms with Gasteiger partial charge in [-0.1, -0.05) is 35.6 Å². The highest BCUT2D eigenvalue weighted by atomic mass is 35.5. The van der Waals surface area contributed by atoms with Crippen molar-refractivity contribution in [3.8, 4) is 17.6 Å². The maximum Gasteiger partial charge on any atom is 0.269 e. The molecule has 0 radical (unpaired) electrons. The van der Waals surface area contributed by atoms with Gasteiger partial charge in [0.05, 0.1) is 16.5 Å². The Morgan fingerprint density at radius 3 is 2.54 bits per heavy atom. The molecule has 2 aromatic rings. The molecule has 7 heteroatoms. The number of nitrogens with one attached hydrogen (secondary N) is 1. The van der Waals surface area contributed by atoms with Crippen molar-refractivity contribution in [2.24, 2.45) is 0 Å². The van der Waals surface area contributed by atoms with Gasteiger partial charge in [0.1, 0.15) is 12.4 Å². The Labute approximate surface area is 143 Å². The van der Waals surface area contributed by atoms with Crippen LogP contribution in [0.1, 0.15) is 10.4 Å². The summed E-state index contributed by atoms with van der Waals surface area (Å²) in [6.07, 6.45) is 0. The number of hydrogen-bond donors (Lipinski definition) is 1. The Bertz CT molecular complexity index is 794. The van der Waals surface area contributed by atoms with Gasteiger partial charge < -0.3 is 10.1 Å². The molecule has 24 heavy (non-hydrogen) atoms. The summed E-state index contributed by atoms with van der Waals surface area (Å²) in [6, 6.07) is 12.4. The first-order chi connectivity index (χ1) is 11.6. The third-order valence-electron chi connectivity index (χ3n) is 2.94. The molecule has 6 nitrogen and oxygen atoms in total. The highest BCUT2D eigenvalue weighted by molar-refractivity contribution is 6.32. The summed E-state index contributed by atoms with van der Waals surface area (Å²) >= 11 is 5.93. The number of para-hydroxylation sites is 1. The third-order valence-corrected chi connectivity index (χ3v) is 3.25. The number of rotatable bonds is 5. The topological polar surface area (TPSA) is 81.5 Å². The predicted molar refractivity (Wildman–Crippen MR) is 90.2 cm³/mol. The van der Waals surface area contributed by atoms with Crippen LogP contribution in [-0.2, 0) is 0 Å². The van der Waals surface area contributed by atoms with Crippen LogP contribution in [0.5, 0.6) is 5.75 Å². The van der Waals surface area contributed by atoms with E-state index in [1.165, 1.54) is 24.3 Å². The van der Waals surface area contributed by atoms with E-state index in [0.29, 0.717) is 16.3 Å². The molecule has 0 saturated carbocycles. The lowest BCUT2D eigenvalue weighted by Gasteiger charge is -2.03. The Morgan fingerprint density at radius 2 is 1.88 bits per heavy atom. The van der Waals surface area contributed by atoms with Crippen molar-refractivity contribution in [3.63, 3.8) is 0 Å². The SMILES string of the molecule is O=C(NCC#CCOc1ccccc1Cl)c1ccc([N+](=O)[O-])cc1. The maximum atomic E-state index is 11.8. The number of benzene rings is 2. The number of carbonyl (C=O) groups is 1.